The van der Waals surface area contributed by atoms with Crippen molar-refractivity contribution in [3.63, 3.8) is 0 Å². The van der Waals surface area contributed by atoms with Gasteiger partial charge in [0.15, 0.2) is 0 Å². The minimum atomic E-state index is -1.04. The third-order valence-electron chi connectivity index (χ3n) is 1.63. The van der Waals surface area contributed by atoms with Gasteiger partial charge in [-0.1, -0.05) is 0 Å². The summed E-state index contributed by atoms with van der Waals surface area (Å²) in [6.07, 6.45) is -0.274. The highest BCUT2D eigenvalue weighted by Gasteiger charge is 2.10. The van der Waals surface area contributed by atoms with Gasteiger partial charge in [0.1, 0.15) is 5.75 Å². The third kappa shape index (κ3) is 2.24. The number of carboxylic acids is 1. The standard InChI is InChI=1S/C9H6BrNO3/c10-7-1-6(4-11)5(2-8(7)12)3-9(13)14/h1-2,12H,3H2,(H,13,14). The molecule has 0 heterocycles. The maximum atomic E-state index is 10.4. The van der Waals surface area contributed by atoms with E-state index >= 15 is 0 Å². The summed E-state index contributed by atoms with van der Waals surface area (Å²) in [6.45, 7) is 0. The number of carbonyl (C=O) groups is 1. The second-order valence-corrected chi connectivity index (χ2v) is 3.50. The van der Waals surface area contributed by atoms with E-state index in [0.29, 0.717) is 10.0 Å². The second-order valence-electron chi connectivity index (χ2n) is 2.64. The smallest absolute Gasteiger partial charge is 0.307 e. The van der Waals surface area contributed by atoms with E-state index in [4.69, 9.17) is 10.4 Å². The van der Waals surface area contributed by atoms with Gasteiger partial charge in [-0.2, -0.15) is 5.26 Å². The number of hydrogen-bond acceptors (Lipinski definition) is 3. The average molecular weight is 256 g/mol. The zero-order valence-electron chi connectivity index (χ0n) is 6.99. The minimum absolute atomic E-state index is 0.0692. The summed E-state index contributed by atoms with van der Waals surface area (Å²) in [5, 5.41) is 26.5. The lowest BCUT2D eigenvalue weighted by Crippen LogP contribution is -2.02. The number of aromatic hydroxyl groups is 1. The van der Waals surface area contributed by atoms with Crippen LogP contribution in [0.15, 0.2) is 16.6 Å². The van der Waals surface area contributed by atoms with Crippen molar-refractivity contribution >= 4 is 21.9 Å². The fourth-order valence-electron chi connectivity index (χ4n) is 1.02. The summed E-state index contributed by atoms with van der Waals surface area (Å²) >= 11 is 3.04. The van der Waals surface area contributed by atoms with Gasteiger partial charge in [0, 0.05) is 0 Å². The summed E-state index contributed by atoms with van der Waals surface area (Å²) < 4.78 is 0.378. The normalized spacial score (nSPS) is 9.43. The first-order valence-corrected chi connectivity index (χ1v) is 4.47. The van der Waals surface area contributed by atoms with Crippen LogP contribution in [0.25, 0.3) is 0 Å². The zero-order valence-corrected chi connectivity index (χ0v) is 8.58. The highest BCUT2D eigenvalue weighted by atomic mass is 79.9. The molecule has 2 N–H and O–H groups in total. The quantitative estimate of drug-likeness (QED) is 0.842. The predicted molar refractivity (Wildman–Crippen MR) is 51.9 cm³/mol. The Balaban J connectivity index is 3.22. The van der Waals surface area contributed by atoms with Crippen LogP contribution in [-0.2, 0) is 11.2 Å². The van der Waals surface area contributed by atoms with Crippen molar-refractivity contribution in [2.75, 3.05) is 0 Å². The van der Waals surface area contributed by atoms with Gasteiger partial charge >= 0.3 is 5.97 Å². The lowest BCUT2D eigenvalue weighted by Gasteiger charge is -2.03. The molecule has 1 aromatic rings. The number of aliphatic carboxylic acids is 1. The van der Waals surface area contributed by atoms with Gasteiger partial charge in [-0.15, -0.1) is 0 Å². The number of nitrogens with zero attached hydrogens (tertiary/aromatic N) is 1. The van der Waals surface area contributed by atoms with E-state index in [9.17, 15) is 9.90 Å². The molecule has 0 unspecified atom stereocenters. The van der Waals surface area contributed by atoms with Crippen LogP contribution in [0, 0.1) is 11.3 Å². The molecule has 0 aliphatic carbocycles. The molecular weight excluding hydrogens is 250 g/mol. The van der Waals surface area contributed by atoms with E-state index in [0.717, 1.165) is 0 Å². The first-order valence-electron chi connectivity index (χ1n) is 3.68. The molecule has 0 aromatic heterocycles. The minimum Gasteiger partial charge on any atom is -0.507 e. The molecule has 0 spiro atoms. The average Bonchev–Trinajstić information content (AvgIpc) is 2.10. The van der Waals surface area contributed by atoms with E-state index in [1.807, 2.05) is 6.07 Å². The Hall–Kier alpha value is -1.54. The number of halogens is 1. The van der Waals surface area contributed by atoms with Crippen molar-refractivity contribution in [3.05, 3.63) is 27.7 Å². The van der Waals surface area contributed by atoms with Gasteiger partial charge in [0.2, 0.25) is 0 Å². The molecule has 0 atom stereocenters. The largest absolute Gasteiger partial charge is 0.507 e. The molecule has 5 heteroatoms. The molecule has 1 rings (SSSR count). The Morgan fingerprint density at radius 1 is 1.57 bits per heavy atom. The topological polar surface area (TPSA) is 81.3 Å². The summed E-state index contributed by atoms with van der Waals surface area (Å²) in [6, 6.07) is 4.54. The van der Waals surface area contributed by atoms with Gasteiger partial charge in [-0.05, 0) is 33.6 Å². The van der Waals surface area contributed by atoms with Crippen molar-refractivity contribution in [2.45, 2.75) is 6.42 Å². The molecule has 0 aliphatic rings. The molecule has 0 saturated heterocycles. The number of rotatable bonds is 2. The molecule has 0 radical (unpaired) electrons. The van der Waals surface area contributed by atoms with Crippen molar-refractivity contribution in [3.8, 4) is 11.8 Å². The van der Waals surface area contributed by atoms with E-state index in [1.54, 1.807) is 0 Å². The lowest BCUT2D eigenvalue weighted by molar-refractivity contribution is -0.136. The Morgan fingerprint density at radius 2 is 2.21 bits per heavy atom. The molecule has 72 valence electrons. The first kappa shape index (κ1) is 10.5. The fraction of sp³-hybridized carbons (Fsp3) is 0.111. The van der Waals surface area contributed by atoms with Gasteiger partial charge in [0.05, 0.1) is 22.5 Å². The van der Waals surface area contributed by atoms with Gasteiger partial charge < -0.3 is 10.2 Å². The van der Waals surface area contributed by atoms with E-state index in [2.05, 4.69) is 15.9 Å². The molecule has 0 fully saturated rings. The molecule has 1 aromatic carbocycles. The highest BCUT2D eigenvalue weighted by Crippen LogP contribution is 2.27. The maximum absolute atomic E-state index is 10.4. The van der Waals surface area contributed by atoms with Crippen molar-refractivity contribution in [1.82, 2.24) is 0 Å². The molecule has 0 saturated carbocycles. The van der Waals surface area contributed by atoms with Crippen LogP contribution in [0.4, 0.5) is 0 Å². The van der Waals surface area contributed by atoms with E-state index in [1.165, 1.54) is 12.1 Å². The van der Waals surface area contributed by atoms with Crippen LogP contribution in [0.1, 0.15) is 11.1 Å². The number of carboxylic acid groups (broad SMARTS) is 1. The van der Waals surface area contributed by atoms with Gasteiger partial charge in [-0.25, -0.2) is 0 Å². The Labute approximate surface area is 88.5 Å². The van der Waals surface area contributed by atoms with Crippen LogP contribution in [0.5, 0.6) is 5.75 Å². The Bertz CT molecular complexity index is 423. The number of phenolic OH excluding ortho intramolecular Hbond substituents is 1. The second kappa shape index (κ2) is 4.11. The predicted octanol–water partition coefficient (Wildman–Crippen LogP) is 1.65. The van der Waals surface area contributed by atoms with Crippen LogP contribution in [-0.4, -0.2) is 16.2 Å². The van der Waals surface area contributed by atoms with Crippen LogP contribution in [0.3, 0.4) is 0 Å². The van der Waals surface area contributed by atoms with Crippen LogP contribution >= 0.6 is 15.9 Å². The van der Waals surface area contributed by atoms with Crippen molar-refractivity contribution < 1.29 is 15.0 Å². The maximum Gasteiger partial charge on any atom is 0.307 e. The lowest BCUT2D eigenvalue weighted by atomic mass is 10.1. The Kier molecular flexibility index (Phi) is 3.10. The van der Waals surface area contributed by atoms with E-state index < -0.39 is 5.97 Å². The van der Waals surface area contributed by atoms with Gasteiger partial charge in [0.25, 0.3) is 0 Å². The number of hydrogen-bond donors (Lipinski definition) is 2. The van der Waals surface area contributed by atoms with Crippen LogP contribution < -0.4 is 0 Å². The van der Waals surface area contributed by atoms with E-state index in [-0.39, 0.29) is 17.7 Å². The summed E-state index contributed by atoms with van der Waals surface area (Å²) in [5.41, 5.74) is 0.553. The number of nitriles is 1. The monoisotopic (exact) mass is 255 g/mol. The summed E-state index contributed by atoms with van der Waals surface area (Å²) in [4.78, 5) is 10.4. The van der Waals surface area contributed by atoms with Gasteiger partial charge in [-0.3, -0.25) is 4.79 Å². The first-order chi connectivity index (χ1) is 6.54. The van der Waals surface area contributed by atoms with Crippen molar-refractivity contribution in [1.29, 1.82) is 5.26 Å². The van der Waals surface area contributed by atoms with Crippen molar-refractivity contribution in [2.24, 2.45) is 0 Å². The number of phenols is 1. The molecular formula is C9H6BrNO3. The number of benzene rings is 1. The molecule has 0 aliphatic heterocycles. The van der Waals surface area contributed by atoms with Crippen LogP contribution in [0.2, 0.25) is 0 Å². The fourth-order valence-corrected chi connectivity index (χ4v) is 1.36. The highest BCUT2D eigenvalue weighted by molar-refractivity contribution is 9.10. The Morgan fingerprint density at radius 3 is 2.71 bits per heavy atom. The molecule has 0 amide bonds. The molecule has 4 nitrogen and oxygen atoms in total. The SMILES string of the molecule is N#Cc1cc(Br)c(O)cc1CC(=O)O. The summed E-state index contributed by atoms with van der Waals surface area (Å²) in [5.74, 6) is -1.11. The molecule has 0 bridgehead atoms. The zero-order chi connectivity index (χ0) is 10.7. The molecule has 14 heavy (non-hydrogen) atoms. The third-order valence-corrected chi connectivity index (χ3v) is 2.27. The summed E-state index contributed by atoms with van der Waals surface area (Å²) in [7, 11) is 0.